The maximum Gasteiger partial charge on any atom is 0.164 e. The lowest BCUT2D eigenvalue weighted by molar-refractivity contribution is 0.620. The van der Waals surface area contributed by atoms with Gasteiger partial charge in [-0.05, 0) is 52.1 Å². The predicted octanol–water partition coefficient (Wildman–Crippen LogP) is 10.8. The first-order valence-corrected chi connectivity index (χ1v) is 15.4. The lowest BCUT2D eigenvalue weighted by atomic mass is 9.82. The monoisotopic (exact) mass is 593 g/mol. The Bertz CT molecular complexity index is 2380. The lowest BCUT2D eigenvalue weighted by Crippen LogP contribution is -2.15. The molecule has 46 heavy (non-hydrogen) atoms. The van der Waals surface area contributed by atoms with Crippen molar-refractivity contribution in [1.29, 1.82) is 0 Å². The van der Waals surface area contributed by atoms with Gasteiger partial charge in [0.2, 0.25) is 0 Å². The Labute approximate surface area is 268 Å². The molecule has 0 fully saturated rings. The molecular formula is C42H31N3O. The smallest absolute Gasteiger partial charge is 0.164 e. The summed E-state index contributed by atoms with van der Waals surface area (Å²) in [7, 11) is 0. The first-order chi connectivity index (χ1) is 22.5. The third-order valence-electron chi connectivity index (χ3n) is 9.05. The van der Waals surface area contributed by atoms with Crippen LogP contribution in [0.5, 0.6) is 0 Å². The van der Waals surface area contributed by atoms with Gasteiger partial charge in [-0.15, -0.1) is 0 Å². The molecule has 0 saturated heterocycles. The summed E-state index contributed by atoms with van der Waals surface area (Å²) in [4.78, 5) is 14.9. The average Bonchev–Trinajstić information content (AvgIpc) is 3.59. The summed E-state index contributed by atoms with van der Waals surface area (Å²) in [6.07, 6.45) is 5.53. The molecule has 0 N–H and O–H groups in total. The fourth-order valence-corrected chi connectivity index (χ4v) is 6.82. The molecule has 0 saturated carbocycles. The lowest BCUT2D eigenvalue weighted by Gasteiger charge is -2.21. The minimum absolute atomic E-state index is 0.170. The quantitative estimate of drug-likeness (QED) is 0.180. The number of furan rings is 1. The van der Waals surface area contributed by atoms with Crippen molar-refractivity contribution < 1.29 is 4.42 Å². The van der Waals surface area contributed by atoms with Crippen molar-refractivity contribution in [2.45, 2.75) is 19.3 Å². The van der Waals surface area contributed by atoms with Gasteiger partial charge in [-0.25, -0.2) is 15.0 Å². The number of rotatable bonds is 6. The molecular weight excluding hydrogens is 562 g/mol. The molecule has 0 spiro atoms. The van der Waals surface area contributed by atoms with E-state index in [0.29, 0.717) is 17.5 Å². The largest absolute Gasteiger partial charge is 0.456 e. The summed E-state index contributed by atoms with van der Waals surface area (Å²) >= 11 is 0. The van der Waals surface area contributed by atoms with Crippen molar-refractivity contribution in [1.82, 2.24) is 15.0 Å². The van der Waals surface area contributed by atoms with Crippen LogP contribution in [0.3, 0.4) is 0 Å². The molecule has 1 aliphatic carbocycles. The molecule has 0 amide bonds. The van der Waals surface area contributed by atoms with Crippen LogP contribution < -0.4 is 0 Å². The molecule has 8 rings (SSSR count). The third-order valence-corrected chi connectivity index (χ3v) is 9.05. The minimum Gasteiger partial charge on any atom is -0.456 e. The zero-order chi connectivity index (χ0) is 31.4. The normalized spacial score (nSPS) is 13.5. The van der Waals surface area contributed by atoms with Gasteiger partial charge in [0.05, 0.1) is 0 Å². The zero-order valence-corrected chi connectivity index (χ0v) is 25.8. The third kappa shape index (κ3) is 4.33. The van der Waals surface area contributed by atoms with E-state index in [1.54, 1.807) is 6.08 Å². The highest BCUT2D eigenvalue weighted by Gasteiger charge is 2.38. The van der Waals surface area contributed by atoms with Crippen LogP contribution in [0.15, 0.2) is 145 Å². The van der Waals surface area contributed by atoms with Crippen molar-refractivity contribution in [3.05, 3.63) is 157 Å². The van der Waals surface area contributed by atoms with Crippen LogP contribution >= 0.6 is 0 Å². The van der Waals surface area contributed by atoms with E-state index in [0.717, 1.165) is 49.8 Å². The molecule has 1 aliphatic rings. The van der Waals surface area contributed by atoms with Crippen LogP contribution in [0.2, 0.25) is 0 Å². The fourth-order valence-electron chi connectivity index (χ4n) is 6.82. The van der Waals surface area contributed by atoms with E-state index in [1.165, 1.54) is 22.3 Å². The van der Waals surface area contributed by atoms with E-state index < -0.39 is 0 Å². The number of allylic oxidation sites excluding steroid dienone is 4. The summed E-state index contributed by atoms with van der Waals surface area (Å²) in [5, 5.41) is 2.19. The molecule has 0 radical (unpaired) electrons. The van der Waals surface area contributed by atoms with Crippen LogP contribution in [-0.2, 0) is 5.41 Å². The van der Waals surface area contributed by atoms with Crippen molar-refractivity contribution in [2.24, 2.45) is 0 Å². The Kier molecular flexibility index (Phi) is 6.40. The minimum atomic E-state index is -0.170. The SMILES string of the molecule is C=C/C=C(\C=C)c1cccc(-c2nc(-c3ccccc3)nc(-c3ccc4c(c3)oc3c5c(ccc34)-c3ccccc3C5(C)C)n2)c1. The molecule has 0 aliphatic heterocycles. The van der Waals surface area contributed by atoms with Gasteiger partial charge in [-0.3, -0.25) is 0 Å². The van der Waals surface area contributed by atoms with Crippen LogP contribution in [0.4, 0.5) is 0 Å². The Morgan fingerprint density at radius 3 is 2.09 bits per heavy atom. The second-order valence-electron chi connectivity index (χ2n) is 12.2. The Morgan fingerprint density at radius 2 is 1.33 bits per heavy atom. The van der Waals surface area contributed by atoms with Crippen LogP contribution in [-0.4, -0.2) is 15.0 Å². The van der Waals surface area contributed by atoms with Gasteiger partial charge in [0.25, 0.3) is 0 Å². The molecule has 2 heterocycles. The summed E-state index contributed by atoms with van der Waals surface area (Å²) in [6, 6.07) is 37.5. The second kappa shape index (κ2) is 10.6. The predicted molar refractivity (Wildman–Crippen MR) is 189 cm³/mol. The second-order valence-corrected chi connectivity index (χ2v) is 12.2. The van der Waals surface area contributed by atoms with Gasteiger partial charge < -0.3 is 4.42 Å². The van der Waals surface area contributed by atoms with Gasteiger partial charge in [0.15, 0.2) is 17.5 Å². The molecule has 7 aromatic rings. The maximum atomic E-state index is 6.74. The van der Waals surface area contributed by atoms with E-state index in [1.807, 2.05) is 60.7 Å². The fraction of sp³-hybridized carbons (Fsp3) is 0.0714. The molecule has 0 atom stereocenters. The average molecular weight is 594 g/mol. The molecule has 2 aromatic heterocycles. The topological polar surface area (TPSA) is 51.8 Å². The highest BCUT2D eigenvalue weighted by molar-refractivity contribution is 6.09. The Balaban J connectivity index is 1.30. The van der Waals surface area contributed by atoms with Crippen LogP contribution in [0, 0.1) is 0 Å². The summed E-state index contributed by atoms with van der Waals surface area (Å²) in [5.41, 5.74) is 11.3. The summed E-state index contributed by atoms with van der Waals surface area (Å²) < 4.78 is 6.74. The van der Waals surface area contributed by atoms with Crippen LogP contribution in [0.25, 0.3) is 72.8 Å². The van der Waals surface area contributed by atoms with Gasteiger partial charge in [-0.2, -0.15) is 0 Å². The first kappa shape index (κ1) is 27.7. The number of fused-ring (bicyclic) bond motifs is 7. The maximum absolute atomic E-state index is 6.74. The molecule has 4 nitrogen and oxygen atoms in total. The van der Waals surface area contributed by atoms with Crippen molar-refractivity contribution in [3.63, 3.8) is 0 Å². The number of hydrogen-bond acceptors (Lipinski definition) is 4. The number of aromatic nitrogens is 3. The Morgan fingerprint density at radius 1 is 0.652 bits per heavy atom. The van der Waals surface area contributed by atoms with Crippen molar-refractivity contribution in [3.8, 4) is 45.3 Å². The van der Waals surface area contributed by atoms with Gasteiger partial charge in [-0.1, -0.05) is 130 Å². The molecule has 220 valence electrons. The highest BCUT2D eigenvalue weighted by Crippen LogP contribution is 2.52. The zero-order valence-electron chi connectivity index (χ0n) is 25.8. The molecule has 0 unspecified atom stereocenters. The molecule has 0 bridgehead atoms. The van der Waals surface area contributed by atoms with Crippen LogP contribution in [0.1, 0.15) is 30.5 Å². The summed E-state index contributed by atoms with van der Waals surface area (Å²) in [6.45, 7) is 12.4. The molecule has 5 aromatic carbocycles. The number of benzene rings is 5. The van der Waals surface area contributed by atoms with Gasteiger partial charge in [0.1, 0.15) is 11.2 Å². The van der Waals surface area contributed by atoms with E-state index in [-0.39, 0.29) is 5.41 Å². The molecule has 4 heteroatoms. The highest BCUT2D eigenvalue weighted by atomic mass is 16.3. The number of hydrogen-bond donors (Lipinski definition) is 0. The standard InChI is InChI=1S/C42H31N3O/c1-5-13-26(6-2)28-16-12-17-29(24-28)40-43-39(27-14-8-7-9-15-27)44-41(45-40)30-20-21-32-34-23-22-33-31-18-10-11-19-35(31)42(3,4)37(33)38(34)46-36(32)25-30/h5-25H,1-2H2,3-4H3/b26-13+. The van der Waals surface area contributed by atoms with Crippen molar-refractivity contribution >= 4 is 27.5 Å². The van der Waals surface area contributed by atoms with E-state index in [2.05, 4.69) is 87.7 Å². The first-order valence-electron chi connectivity index (χ1n) is 15.4. The Hall–Kier alpha value is -5.87. The van der Waals surface area contributed by atoms with E-state index in [9.17, 15) is 0 Å². The van der Waals surface area contributed by atoms with E-state index >= 15 is 0 Å². The van der Waals surface area contributed by atoms with E-state index in [4.69, 9.17) is 19.4 Å². The number of nitrogens with zero attached hydrogens (tertiary/aromatic N) is 3. The summed E-state index contributed by atoms with van der Waals surface area (Å²) in [5.74, 6) is 1.79. The van der Waals surface area contributed by atoms with Crippen molar-refractivity contribution in [2.75, 3.05) is 0 Å². The van der Waals surface area contributed by atoms with Gasteiger partial charge in [0, 0.05) is 38.4 Å². The van der Waals surface area contributed by atoms with Gasteiger partial charge >= 0.3 is 0 Å².